The highest BCUT2D eigenvalue weighted by atomic mass is 16.5. The number of imide groups is 1. The molecule has 4 rings (SSSR count). The summed E-state index contributed by atoms with van der Waals surface area (Å²) in [5.74, 6) is 0.0367. The van der Waals surface area contributed by atoms with Crippen LogP contribution in [0.25, 0.3) is 22.6 Å². The largest absolute Gasteiger partial charge is 0.493 e. The highest BCUT2D eigenvalue weighted by Crippen LogP contribution is 2.41. The molecule has 36 heavy (non-hydrogen) atoms. The zero-order chi connectivity index (χ0) is 25.8. The van der Waals surface area contributed by atoms with E-state index in [4.69, 9.17) is 29.7 Å². The Morgan fingerprint density at radius 3 is 2.36 bits per heavy atom. The van der Waals surface area contributed by atoms with Crippen LogP contribution in [-0.2, 0) is 16.0 Å². The predicted molar refractivity (Wildman–Crippen MR) is 132 cm³/mol. The van der Waals surface area contributed by atoms with Gasteiger partial charge in [0.1, 0.15) is 0 Å². The van der Waals surface area contributed by atoms with E-state index in [9.17, 15) is 14.4 Å². The number of allylic oxidation sites excluding steroid dienone is 1. The molecule has 3 aromatic rings. The Balaban J connectivity index is 1.76. The molecule has 1 heterocycles. The molecule has 0 aliphatic heterocycles. The summed E-state index contributed by atoms with van der Waals surface area (Å²) in [5, 5.41) is 2.49. The Hall–Kier alpha value is -4.60. The number of nitrogens with one attached hydrogen (secondary N) is 1. The van der Waals surface area contributed by atoms with Gasteiger partial charge in [-0.15, -0.1) is 0 Å². The van der Waals surface area contributed by atoms with E-state index in [2.05, 4.69) is 0 Å². The summed E-state index contributed by atoms with van der Waals surface area (Å²) < 4.78 is 21.5. The third kappa shape index (κ3) is 4.78. The van der Waals surface area contributed by atoms with E-state index in [0.29, 0.717) is 52.3 Å². The van der Waals surface area contributed by atoms with Crippen LogP contribution in [0.3, 0.4) is 0 Å². The molecule has 10 nitrogen and oxygen atoms in total. The topological polar surface area (TPSA) is 139 Å². The van der Waals surface area contributed by atoms with E-state index >= 15 is 0 Å². The van der Waals surface area contributed by atoms with Crippen molar-refractivity contribution in [1.82, 2.24) is 10.3 Å². The van der Waals surface area contributed by atoms with Crippen molar-refractivity contribution < 1.29 is 33.3 Å². The first-order valence-electron chi connectivity index (χ1n) is 11.0. The van der Waals surface area contributed by atoms with Crippen molar-refractivity contribution in [2.45, 2.75) is 12.8 Å². The van der Waals surface area contributed by atoms with Crippen LogP contribution in [0.2, 0.25) is 0 Å². The van der Waals surface area contributed by atoms with Crippen molar-refractivity contribution in [3.8, 4) is 17.2 Å². The van der Waals surface area contributed by atoms with Gasteiger partial charge in [-0.1, -0.05) is 18.2 Å². The fourth-order valence-electron chi connectivity index (χ4n) is 4.27. The highest BCUT2D eigenvalue weighted by Gasteiger charge is 2.28. The van der Waals surface area contributed by atoms with Gasteiger partial charge in [0.2, 0.25) is 5.75 Å². The number of hydrogen-bond donors (Lipinski definition) is 2. The summed E-state index contributed by atoms with van der Waals surface area (Å²) >= 11 is 0. The molecule has 0 unspecified atom stereocenters. The third-order valence-electron chi connectivity index (χ3n) is 5.77. The van der Waals surface area contributed by atoms with E-state index in [0.717, 1.165) is 16.7 Å². The van der Waals surface area contributed by atoms with E-state index in [1.807, 2.05) is 35.7 Å². The van der Waals surface area contributed by atoms with Crippen molar-refractivity contribution in [3.05, 3.63) is 58.8 Å². The van der Waals surface area contributed by atoms with Crippen LogP contribution in [0, 0.1) is 0 Å². The molecule has 186 valence electrons. The van der Waals surface area contributed by atoms with Gasteiger partial charge in [0.05, 0.1) is 38.1 Å². The van der Waals surface area contributed by atoms with E-state index in [1.165, 1.54) is 0 Å². The number of benzene rings is 2. The number of fused-ring (bicyclic) bond motifs is 2. The molecule has 0 fully saturated rings. The Morgan fingerprint density at radius 2 is 1.72 bits per heavy atom. The van der Waals surface area contributed by atoms with Crippen LogP contribution < -0.4 is 25.3 Å². The minimum atomic E-state index is -1.02. The first-order chi connectivity index (χ1) is 17.4. The zero-order valence-electron chi connectivity index (χ0n) is 20.0. The Kier molecular flexibility index (Phi) is 7.05. The minimum absolute atomic E-state index is 0.343. The molecule has 0 saturated carbocycles. The third-order valence-corrected chi connectivity index (χ3v) is 5.77. The van der Waals surface area contributed by atoms with Crippen LogP contribution in [0.5, 0.6) is 17.2 Å². The van der Waals surface area contributed by atoms with Crippen molar-refractivity contribution in [2.24, 2.45) is 5.73 Å². The van der Waals surface area contributed by atoms with Gasteiger partial charge in [0, 0.05) is 5.39 Å². The molecule has 0 atom stereocenters. The van der Waals surface area contributed by atoms with Crippen LogP contribution >= 0.6 is 0 Å². The predicted octanol–water partition coefficient (Wildman–Crippen LogP) is 3.10. The summed E-state index contributed by atoms with van der Waals surface area (Å²) in [5.41, 5.74) is 9.04. The average molecular weight is 492 g/mol. The molecule has 1 aliphatic rings. The number of pyridine rings is 1. The Morgan fingerprint density at radius 1 is 1.03 bits per heavy atom. The van der Waals surface area contributed by atoms with Gasteiger partial charge >= 0.3 is 12.0 Å². The van der Waals surface area contributed by atoms with Crippen LogP contribution in [0.1, 0.15) is 33.6 Å². The summed E-state index contributed by atoms with van der Waals surface area (Å²) in [7, 11) is 4.64. The Labute approximate surface area is 207 Å². The number of carbonyl (C=O) groups is 3. The fraction of sp³-hybridized carbons (Fsp3) is 0.231. The van der Waals surface area contributed by atoms with E-state index < -0.39 is 24.5 Å². The zero-order valence-corrected chi connectivity index (χ0v) is 20.0. The molecule has 10 heteroatoms. The second kappa shape index (κ2) is 10.3. The molecular formula is C26H25N3O7. The van der Waals surface area contributed by atoms with Gasteiger partial charge in [-0.3, -0.25) is 10.1 Å². The summed E-state index contributed by atoms with van der Waals surface area (Å²) in [4.78, 5) is 40.5. The van der Waals surface area contributed by atoms with E-state index in [-0.39, 0.29) is 0 Å². The number of nitrogens with zero attached hydrogens (tertiary/aromatic N) is 1. The first-order valence-corrected chi connectivity index (χ1v) is 11.0. The van der Waals surface area contributed by atoms with Gasteiger partial charge in [-0.05, 0) is 53.8 Å². The number of carbonyl (C=O) groups excluding carboxylic acids is 3. The molecule has 3 N–H and O–H groups in total. The fourth-order valence-corrected chi connectivity index (χ4v) is 4.27. The number of primary amides is 1. The first kappa shape index (κ1) is 24.5. The van der Waals surface area contributed by atoms with Crippen LogP contribution in [0.4, 0.5) is 4.79 Å². The number of ether oxygens (including phenoxy) is 4. The SMILES string of the molecule is COc1cc(/C=C2\CCc3c2nc2ccccc2c3C(=O)OCC(=O)NC(N)=O)cc(OC)c1OC. The quantitative estimate of drug-likeness (QED) is 0.481. The molecule has 0 bridgehead atoms. The van der Waals surface area contributed by atoms with Crippen molar-refractivity contribution in [1.29, 1.82) is 0 Å². The lowest BCUT2D eigenvalue weighted by molar-refractivity contribution is -0.123. The number of rotatable bonds is 7. The highest BCUT2D eigenvalue weighted by molar-refractivity contribution is 6.08. The lowest BCUT2D eigenvalue weighted by atomic mass is 10.0. The summed E-state index contributed by atoms with van der Waals surface area (Å²) in [6.07, 6.45) is 3.16. The van der Waals surface area contributed by atoms with Crippen molar-refractivity contribution >= 4 is 40.5 Å². The maximum atomic E-state index is 13.1. The number of esters is 1. The summed E-state index contributed by atoms with van der Waals surface area (Å²) in [6.45, 7) is -0.638. The lowest BCUT2D eigenvalue weighted by Gasteiger charge is -2.14. The standard InChI is InChI=1S/C26H25N3O7/c1-33-19-11-14(12-20(34-2)24(19)35-3)10-15-8-9-17-22(25(31)36-13-21(30)29-26(27)32)16-6-4-5-7-18(16)28-23(15)17/h4-7,10-12H,8-9,13H2,1-3H3,(H3,27,29,30,32)/b15-10+. The smallest absolute Gasteiger partial charge is 0.339 e. The molecule has 2 aromatic carbocycles. The molecular weight excluding hydrogens is 466 g/mol. The van der Waals surface area contributed by atoms with Gasteiger partial charge in [0.15, 0.2) is 18.1 Å². The minimum Gasteiger partial charge on any atom is -0.493 e. The number of aromatic nitrogens is 1. The number of nitrogens with two attached hydrogens (primary N) is 1. The van der Waals surface area contributed by atoms with E-state index in [1.54, 1.807) is 33.5 Å². The Bertz CT molecular complexity index is 1370. The molecule has 3 amide bonds. The maximum absolute atomic E-state index is 13.1. The molecule has 0 radical (unpaired) electrons. The van der Waals surface area contributed by atoms with Crippen molar-refractivity contribution in [2.75, 3.05) is 27.9 Å². The molecule has 0 spiro atoms. The van der Waals surface area contributed by atoms with Crippen molar-refractivity contribution in [3.63, 3.8) is 0 Å². The van der Waals surface area contributed by atoms with Crippen LogP contribution in [0.15, 0.2) is 36.4 Å². The van der Waals surface area contributed by atoms with Crippen LogP contribution in [-0.4, -0.2) is 50.8 Å². The average Bonchev–Trinajstić information content (AvgIpc) is 3.26. The van der Waals surface area contributed by atoms with Gasteiger partial charge in [-0.25, -0.2) is 14.6 Å². The molecule has 1 aromatic heterocycles. The second-order valence-corrected chi connectivity index (χ2v) is 7.95. The number of amides is 3. The lowest BCUT2D eigenvalue weighted by Crippen LogP contribution is -2.37. The molecule has 0 saturated heterocycles. The number of hydrogen-bond acceptors (Lipinski definition) is 8. The second-order valence-electron chi connectivity index (χ2n) is 7.95. The monoisotopic (exact) mass is 491 g/mol. The normalized spacial score (nSPS) is 13.2. The summed E-state index contributed by atoms with van der Waals surface area (Å²) in [6, 6.07) is 9.86. The number of methoxy groups -OCH3 is 3. The van der Waals surface area contributed by atoms with Gasteiger partial charge < -0.3 is 24.7 Å². The van der Waals surface area contributed by atoms with Gasteiger partial charge in [0.25, 0.3) is 5.91 Å². The maximum Gasteiger partial charge on any atom is 0.339 e. The number of urea groups is 1. The van der Waals surface area contributed by atoms with Gasteiger partial charge in [-0.2, -0.15) is 0 Å². The number of para-hydroxylation sites is 1. The molecule has 1 aliphatic carbocycles.